The molecule has 2 heterocycles. The number of nitro groups is 1. The SMILES string of the molecule is O=C(CCOCC1CCCO1)N1CCN(c2ccc(C(F)(F)F)cc2[N+](=O)[O-])CC1. The van der Waals surface area contributed by atoms with Gasteiger partial charge in [-0.3, -0.25) is 14.9 Å². The number of hydrogen-bond donors (Lipinski definition) is 0. The van der Waals surface area contributed by atoms with Crippen LogP contribution >= 0.6 is 0 Å². The van der Waals surface area contributed by atoms with Crippen LogP contribution in [0, 0.1) is 10.1 Å². The van der Waals surface area contributed by atoms with Crippen molar-refractivity contribution in [2.24, 2.45) is 0 Å². The fourth-order valence-corrected chi connectivity index (χ4v) is 3.62. The summed E-state index contributed by atoms with van der Waals surface area (Å²) in [5, 5.41) is 11.3. The lowest BCUT2D eigenvalue weighted by molar-refractivity contribution is -0.384. The van der Waals surface area contributed by atoms with Crippen molar-refractivity contribution in [2.75, 3.05) is 50.9 Å². The highest BCUT2D eigenvalue weighted by Crippen LogP contribution is 2.36. The van der Waals surface area contributed by atoms with Gasteiger partial charge in [-0.05, 0) is 25.0 Å². The van der Waals surface area contributed by atoms with Gasteiger partial charge < -0.3 is 19.3 Å². The average Bonchev–Trinajstić information content (AvgIpc) is 3.23. The van der Waals surface area contributed by atoms with Crippen LogP contribution in [0.4, 0.5) is 24.5 Å². The zero-order chi connectivity index (χ0) is 21.7. The molecule has 30 heavy (non-hydrogen) atoms. The van der Waals surface area contributed by atoms with Crippen LogP contribution in [0.3, 0.4) is 0 Å². The number of rotatable bonds is 7. The zero-order valence-corrected chi connectivity index (χ0v) is 16.4. The Hall–Kier alpha value is -2.40. The van der Waals surface area contributed by atoms with Crippen molar-refractivity contribution in [1.82, 2.24) is 4.90 Å². The van der Waals surface area contributed by atoms with Crippen molar-refractivity contribution in [3.05, 3.63) is 33.9 Å². The van der Waals surface area contributed by atoms with Gasteiger partial charge in [-0.25, -0.2) is 0 Å². The van der Waals surface area contributed by atoms with E-state index in [0.717, 1.165) is 31.6 Å². The molecule has 166 valence electrons. The van der Waals surface area contributed by atoms with Crippen molar-refractivity contribution in [3.8, 4) is 0 Å². The number of nitro benzene ring substituents is 1. The largest absolute Gasteiger partial charge is 0.416 e. The van der Waals surface area contributed by atoms with Crippen LogP contribution in [0.15, 0.2) is 18.2 Å². The number of carbonyl (C=O) groups excluding carboxylic acids is 1. The van der Waals surface area contributed by atoms with E-state index in [1.807, 2.05) is 0 Å². The lowest BCUT2D eigenvalue weighted by Gasteiger charge is -2.36. The second-order valence-corrected chi connectivity index (χ2v) is 7.29. The summed E-state index contributed by atoms with van der Waals surface area (Å²) in [6.07, 6.45) is -2.34. The van der Waals surface area contributed by atoms with Gasteiger partial charge in [-0.2, -0.15) is 13.2 Å². The molecular weight excluding hydrogens is 407 g/mol. The molecule has 0 N–H and O–H groups in total. The molecule has 2 saturated heterocycles. The first-order chi connectivity index (χ1) is 14.3. The van der Waals surface area contributed by atoms with E-state index in [4.69, 9.17) is 9.47 Å². The molecule has 1 aromatic carbocycles. The predicted octanol–water partition coefficient (Wildman–Crippen LogP) is 2.85. The third-order valence-electron chi connectivity index (χ3n) is 5.26. The Morgan fingerprint density at radius 2 is 2.00 bits per heavy atom. The molecule has 0 aromatic heterocycles. The number of alkyl halides is 3. The number of amides is 1. The molecule has 2 aliphatic rings. The molecule has 1 atom stereocenters. The van der Waals surface area contributed by atoms with Gasteiger partial charge in [0, 0.05) is 38.9 Å². The van der Waals surface area contributed by atoms with Gasteiger partial charge in [-0.1, -0.05) is 0 Å². The number of halogens is 3. The molecule has 0 radical (unpaired) electrons. The maximum atomic E-state index is 12.9. The van der Waals surface area contributed by atoms with E-state index in [-0.39, 0.29) is 24.1 Å². The minimum Gasteiger partial charge on any atom is -0.378 e. The van der Waals surface area contributed by atoms with Crippen LogP contribution in [0.25, 0.3) is 0 Å². The van der Waals surface area contributed by atoms with Gasteiger partial charge >= 0.3 is 6.18 Å². The minimum atomic E-state index is -4.65. The molecule has 2 aliphatic heterocycles. The van der Waals surface area contributed by atoms with Crippen molar-refractivity contribution >= 4 is 17.3 Å². The molecule has 0 spiro atoms. The molecule has 0 saturated carbocycles. The highest BCUT2D eigenvalue weighted by atomic mass is 19.4. The number of ether oxygens (including phenoxy) is 2. The smallest absolute Gasteiger partial charge is 0.378 e. The summed E-state index contributed by atoms with van der Waals surface area (Å²) in [5.41, 5.74) is -1.53. The topological polar surface area (TPSA) is 85.2 Å². The molecule has 1 unspecified atom stereocenters. The average molecular weight is 431 g/mol. The maximum Gasteiger partial charge on any atom is 0.416 e. The predicted molar refractivity (Wildman–Crippen MR) is 101 cm³/mol. The molecule has 0 aliphatic carbocycles. The molecule has 3 rings (SSSR count). The van der Waals surface area contributed by atoms with Gasteiger partial charge in [0.1, 0.15) is 5.69 Å². The molecule has 1 aromatic rings. The van der Waals surface area contributed by atoms with E-state index in [2.05, 4.69) is 0 Å². The number of hydrogen-bond acceptors (Lipinski definition) is 6. The fourth-order valence-electron chi connectivity index (χ4n) is 3.62. The van der Waals surface area contributed by atoms with E-state index >= 15 is 0 Å². The Morgan fingerprint density at radius 1 is 1.27 bits per heavy atom. The minimum absolute atomic E-state index is 0.0797. The van der Waals surface area contributed by atoms with Crippen molar-refractivity contribution in [3.63, 3.8) is 0 Å². The summed E-state index contributed by atoms with van der Waals surface area (Å²) in [6, 6.07) is 2.51. The molecule has 2 fully saturated rings. The summed E-state index contributed by atoms with van der Waals surface area (Å²) in [7, 11) is 0. The second kappa shape index (κ2) is 9.61. The van der Waals surface area contributed by atoms with Crippen LogP contribution in [-0.2, 0) is 20.4 Å². The first kappa shape index (κ1) is 22.3. The monoisotopic (exact) mass is 431 g/mol. The number of nitrogens with zero attached hydrogens (tertiary/aromatic N) is 3. The van der Waals surface area contributed by atoms with Gasteiger partial charge in [0.25, 0.3) is 5.69 Å². The third-order valence-corrected chi connectivity index (χ3v) is 5.26. The van der Waals surface area contributed by atoms with Gasteiger partial charge in [0.2, 0.25) is 5.91 Å². The second-order valence-electron chi connectivity index (χ2n) is 7.29. The summed E-state index contributed by atoms with van der Waals surface area (Å²) < 4.78 is 49.5. The van der Waals surface area contributed by atoms with Gasteiger partial charge in [0.15, 0.2) is 0 Å². The fraction of sp³-hybridized carbons (Fsp3) is 0.632. The van der Waals surface area contributed by atoms with Gasteiger partial charge in [-0.15, -0.1) is 0 Å². The molecule has 0 bridgehead atoms. The van der Waals surface area contributed by atoms with Crippen LogP contribution in [-0.4, -0.2) is 67.8 Å². The van der Waals surface area contributed by atoms with E-state index in [1.54, 1.807) is 9.80 Å². The third kappa shape index (κ3) is 5.60. The van der Waals surface area contributed by atoms with Crippen LogP contribution in [0.2, 0.25) is 0 Å². The standard InChI is InChI=1S/C19H24F3N3O5/c20-19(21,22)14-3-4-16(17(12-14)25(27)28)23-6-8-24(9-7-23)18(26)5-11-29-13-15-2-1-10-30-15/h3-4,12,15H,1-2,5-11,13H2. The summed E-state index contributed by atoms with van der Waals surface area (Å²) in [6.45, 7) is 2.78. The van der Waals surface area contributed by atoms with E-state index < -0.39 is 22.4 Å². The molecule has 1 amide bonds. The van der Waals surface area contributed by atoms with Crippen molar-refractivity contribution < 1.29 is 32.4 Å². The Labute approximate surface area is 171 Å². The van der Waals surface area contributed by atoms with Crippen LogP contribution < -0.4 is 4.90 Å². The van der Waals surface area contributed by atoms with Crippen molar-refractivity contribution in [2.45, 2.75) is 31.5 Å². The van der Waals surface area contributed by atoms with Crippen molar-refractivity contribution in [1.29, 1.82) is 0 Å². The van der Waals surface area contributed by atoms with Gasteiger partial charge in [0.05, 0.1) is 36.2 Å². The normalized spacial score (nSPS) is 19.9. The van der Waals surface area contributed by atoms with E-state index in [9.17, 15) is 28.1 Å². The number of carbonyl (C=O) groups is 1. The molecule has 11 heteroatoms. The lowest BCUT2D eigenvalue weighted by Crippen LogP contribution is -2.49. The number of piperazine rings is 1. The first-order valence-corrected chi connectivity index (χ1v) is 9.83. The number of benzene rings is 1. The quantitative estimate of drug-likeness (QED) is 0.375. The highest BCUT2D eigenvalue weighted by Gasteiger charge is 2.34. The number of anilines is 1. The Kier molecular flexibility index (Phi) is 7.14. The van der Waals surface area contributed by atoms with Crippen LogP contribution in [0.1, 0.15) is 24.8 Å². The summed E-state index contributed by atoms with van der Waals surface area (Å²) in [5.74, 6) is -0.0797. The first-order valence-electron chi connectivity index (χ1n) is 9.83. The Balaban J connectivity index is 1.51. The van der Waals surface area contributed by atoms with E-state index in [1.165, 1.54) is 0 Å². The molecule has 8 nitrogen and oxygen atoms in total. The summed E-state index contributed by atoms with van der Waals surface area (Å²) >= 11 is 0. The maximum absolute atomic E-state index is 12.9. The van der Waals surface area contributed by atoms with E-state index in [0.29, 0.717) is 45.5 Å². The molecular formula is C19H24F3N3O5. The zero-order valence-electron chi connectivity index (χ0n) is 16.4. The highest BCUT2D eigenvalue weighted by molar-refractivity contribution is 5.77. The van der Waals surface area contributed by atoms with Crippen LogP contribution in [0.5, 0.6) is 0 Å². The Morgan fingerprint density at radius 3 is 2.60 bits per heavy atom. The summed E-state index contributed by atoms with van der Waals surface area (Å²) in [4.78, 5) is 26.1. The Bertz CT molecular complexity index is 760. The lowest BCUT2D eigenvalue weighted by atomic mass is 10.1.